The third-order valence-corrected chi connectivity index (χ3v) is 4.36. The summed E-state index contributed by atoms with van der Waals surface area (Å²) in [5.74, 6) is 0.338. The Morgan fingerprint density at radius 2 is 1.78 bits per heavy atom. The Hall–Kier alpha value is -2.57. The monoisotopic (exact) mass is 389 g/mol. The Morgan fingerprint density at radius 3 is 2.44 bits per heavy atom. The molecule has 0 spiro atoms. The lowest BCUT2D eigenvalue weighted by molar-refractivity contribution is -0.132. The molecular formula is C20H24ClN3O3. The molecule has 2 aromatic rings. The Morgan fingerprint density at radius 1 is 1.07 bits per heavy atom. The van der Waals surface area contributed by atoms with Gasteiger partial charge in [-0.25, -0.2) is 0 Å². The molecule has 0 atom stereocenters. The fourth-order valence-electron chi connectivity index (χ4n) is 2.86. The second-order valence-electron chi connectivity index (χ2n) is 6.26. The number of anilines is 1. The molecule has 0 bridgehead atoms. The Balaban J connectivity index is 0.00000261. The van der Waals surface area contributed by atoms with Crippen LogP contribution in [0.2, 0.25) is 0 Å². The maximum absolute atomic E-state index is 12.3. The second kappa shape index (κ2) is 9.94. The van der Waals surface area contributed by atoms with Crippen LogP contribution in [0.15, 0.2) is 48.5 Å². The minimum atomic E-state index is -0.209. The molecule has 0 radical (unpaired) electrons. The number of nitrogens with two attached hydrogens (primary N) is 1. The highest BCUT2D eigenvalue weighted by Gasteiger charge is 2.18. The number of nitrogens with one attached hydrogen (secondary N) is 1. The number of hydrogen-bond acceptors (Lipinski definition) is 4. The van der Waals surface area contributed by atoms with Gasteiger partial charge in [0.15, 0.2) is 6.61 Å². The molecule has 0 saturated carbocycles. The summed E-state index contributed by atoms with van der Waals surface area (Å²) in [6.45, 7) is 2.07. The van der Waals surface area contributed by atoms with E-state index in [-0.39, 0.29) is 30.8 Å². The van der Waals surface area contributed by atoms with Gasteiger partial charge in [-0.05, 0) is 42.7 Å². The van der Waals surface area contributed by atoms with Gasteiger partial charge in [-0.15, -0.1) is 12.4 Å². The Labute approximate surface area is 165 Å². The van der Waals surface area contributed by atoms with Crippen molar-refractivity contribution < 1.29 is 14.3 Å². The lowest BCUT2D eigenvalue weighted by Gasteiger charge is -2.15. The number of nitrogens with zero attached hydrogens (tertiary/aromatic N) is 1. The molecular weight excluding hydrogens is 366 g/mol. The number of amides is 2. The van der Waals surface area contributed by atoms with E-state index >= 15 is 0 Å². The van der Waals surface area contributed by atoms with Crippen molar-refractivity contribution in [3.8, 4) is 5.75 Å². The van der Waals surface area contributed by atoms with Gasteiger partial charge in [-0.3, -0.25) is 9.59 Å². The van der Waals surface area contributed by atoms with Gasteiger partial charge in [0.05, 0.1) is 0 Å². The smallest absolute Gasteiger partial charge is 0.260 e. The highest BCUT2D eigenvalue weighted by molar-refractivity contribution is 6.04. The number of benzene rings is 2. The molecule has 6 nitrogen and oxygen atoms in total. The van der Waals surface area contributed by atoms with Crippen LogP contribution in [0.5, 0.6) is 5.75 Å². The summed E-state index contributed by atoms with van der Waals surface area (Å²) >= 11 is 0. The quantitative estimate of drug-likeness (QED) is 0.795. The largest absolute Gasteiger partial charge is 0.484 e. The van der Waals surface area contributed by atoms with Crippen molar-refractivity contribution in [2.45, 2.75) is 19.4 Å². The molecule has 3 rings (SSSR count). The van der Waals surface area contributed by atoms with Gasteiger partial charge in [0.25, 0.3) is 11.8 Å². The SMILES string of the molecule is Cl.NCc1ccc(C(=O)Nc2cccc(OCC(=O)N3CCCC3)c2)cc1. The molecule has 1 aliphatic heterocycles. The van der Waals surface area contributed by atoms with E-state index < -0.39 is 0 Å². The maximum Gasteiger partial charge on any atom is 0.260 e. The summed E-state index contributed by atoms with van der Waals surface area (Å²) in [5.41, 5.74) is 7.70. The summed E-state index contributed by atoms with van der Waals surface area (Å²) in [6, 6.07) is 14.2. The highest BCUT2D eigenvalue weighted by atomic mass is 35.5. The molecule has 2 amide bonds. The van der Waals surface area contributed by atoms with E-state index in [0.717, 1.165) is 31.5 Å². The van der Waals surface area contributed by atoms with Crippen molar-refractivity contribution in [3.05, 3.63) is 59.7 Å². The Kier molecular flexibility index (Phi) is 7.64. The molecule has 1 heterocycles. The van der Waals surface area contributed by atoms with E-state index in [2.05, 4.69) is 5.32 Å². The number of likely N-dealkylation sites (tertiary alicyclic amines) is 1. The van der Waals surface area contributed by atoms with E-state index in [1.165, 1.54) is 0 Å². The fourth-order valence-corrected chi connectivity index (χ4v) is 2.86. The van der Waals surface area contributed by atoms with E-state index in [1.54, 1.807) is 36.4 Å². The van der Waals surface area contributed by atoms with Gasteiger partial charge in [0, 0.05) is 37.0 Å². The minimum Gasteiger partial charge on any atom is -0.484 e. The zero-order valence-corrected chi connectivity index (χ0v) is 15.8. The molecule has 1 aliphatic rings. The van der Waals surface area contributed by atoms with Crippen LogP contribution in [-0.4, -0.2) is 36.4 Å². The standard InChI is InChI=1S/C20H23N3O3.ClH/c21-13-15-6-8-16(9-7-15)20(25)22-17-4-3-5-18(12-17)26-14-19(24)23-10-1-2-11-23;/h3-9,12H,1-2,10-11,13-14,21H2,(H,22,25);1H. The summed E-state index contributed by atoms with van der Waals surface area (Å²) in [4.78, 5) is 26.2. The molecule has 7 heteroatoms. The number of carbonyl (C=O) groups excluding carboxylic acids is 2. The third-order valence-electron chi connectivity index (χ3n) is 4.36. The van der Waals surface area contributed by atoms with Crippen molar-refractivity contribution in [1.82, 2.24) is 4.90 Å². The van der Waals surface area contributed by atoms with Gasteiger partial charge >= 0.3 is 0 Å². The fraction of sp³-hybridized carbons (Fsp3) is 0.300. The van der Waals surface area contributed by atoms with Crippen molar-refractivity contribution in [1.29, 1.82) is 0 Å². The first-order chi connectivity index (χ1) is 12.7. The summed E-state index contributed by atoms with van der Waals surface area (Å²) in [6.07, 6.45) is 2.11. The van der Waals surface area contributed by atoms with Crippen molar-refractivity contribution in [3.63, 3.8) is 0 Å². The molecule has 2 aromatic carbocycles. The van der Waals surface area contributed by atoms with Crippen LogP contribution in [0, 0.1) is 0 Å². The average molecular weight is 390 g/mol. The molecule has 27 heavy (non-hydrogen) atoms. The number of hydrogen-bond donors (Lipinski definition) is 2. The van der Waals surface area contributed by atoms with Gasteiger partial charge in [-0.1, -0.05) is 18.2 Å². The molecule has 1 saturated heterocycles. The average Bonchev–Trinajstić information content (AvgIpc) is 3.21. The maximum atomic E-state index is 12.3. The van der Waals surface area contributed by atoms with Crippen molar-refractivity contribution in [2.24, 2.45) is 5.73 Å². The molecule has 3 N–H and O–H groups in total. The van der Waals surface area contributed by atoms with Crippen LogP contribution in [0.4, 0.5) is 5.69 Å². The van der Waals surface area contributed by atoms with Crippen LogP contribution < -0.4 is 15.8 Å². The summed E-state index contributed by atoms with van der Waals surface area (Å²) in [7, 11) is 0. The van der Waals surface area contributed by atoms with Crippen LogP contribution in [0.25, 0.3) is 0 Å². The Bertz CT molecular complexity index is 774. The molecule has 1 fully saturated rings. The van der Waals surface area contributed by atoms with Crippen LogP contribution in [-0.2, 0) is 11.3 Å². The zero-order chi connectivity index (χ0) is 18.4. The first kappa shape index (κ1) is 20.7. The predicted molar refractivity (Wildman–Crippen MR) is 107 cm³/mol. The van der Waals surface area contributed by atoms with Crippen LogP contribution >= 0.6 is 12.4 Å². The first-order valence-electron chi connectivity index (χ1n) is 8.77. The number of halogens is 1. The molecule has 0 aliphatic carbocycles. The number of rotatable bonds is 6. The third kappa shape index (κ3) is 5.70. The first-order valence-corrected chi connectivity index (χ1v) is 8.77. The zero-order valence-electron chi connectivity index (χ0n) is 15.0. The van der Waals surface area contributed by atoms with E-state index in [1.807, 2.05) is 17.0 Å². The van der Waals surface area contributed by atoms with E-state index in [4.69, 9.17) is 10.5 Å². The predicted octanol–water partition coefficient (Wildman–Crippen LogP) is 2.82. The lowest BCUT2D eigenvalue weighted by Crippen LogP contribution is -2.32. The van der Waals surface area contributed by atoms with Crippen LogP contribution in [0.1, 0.15) is 28.8 Å². The van der Waals surface area contributed by atoms with Gasteiger partial charge < -0.3 is 20.7 Å². The van der Waals surface area contributed by atoms with Gasteiger partial charge in [0.2, 0.25) is 0 Å². The van der Waals surface area contributed by atoms with E-state index in [9.17, 15) is 9.59 Å². The summed E-state index contributed by atoms with van der Waals surface area (Å²) < 4.78 is 5.58. The minimum absolute atomic E-state index is 0. The number of carbonyl (C=O) groups is 2. The normalized spacial score (nSPS) is 13.0. The second-order valence-corrected chi connectivity index (χ2v) is 6.26. The lowest BCUT2D eigenvalue weighted by atomic mass is 10.1. The van der Waals surface area contributed by atoms with Crippen molar-refractivity contribution >= 4 is 29.9 Å². The topological polar surface area (TPSA) is 84.7 Å². The van der Waals surface area contributed by atoms with Gasteiger partial charge in [-0.2, -0.15) is 0 Å². The highest BCUT2D eigenvalue weighted by Crippen LogP contribution is 2.19. The van der Waals surface area contributed by atoms with E-state index in [0.29, 0.717) is 23.5 Å². The number of ether oxygens (including phenoxy) is 1. The van der Waals surface area contributed by atoms with Crippen molar-refractivity contribution in [2.75, 3.05) is 25.0 Å². The molecule has 144 valence electrons. The van der Waals surface area contributed by atoms with Crippen LogP contribution in [0.3, 0.4) is 0 Å². The molecule has 0 aromatic heterocycles. The van der Waals surface area contributed by atoms with Gasteiger partial charge in [0.1, 0.15) is 5.75 Å². The molecule has 0 unspecified atom stereocenters. The summed E-state index contributed by atoms with van der Waals surface area (Å²) in [5, 5.41) is 2.83.